The van der Waals surface area contributed by atoms with E-state index in [0.29, 0.717) is 159 Å². The van der Waals surface area contributed by atoms with Crippen molar-refractivity contribution >= 4 is 12.1 Å². The molecular weight excluding hydrogens is 702 g/mol. The van der Waals surface area contributed by atoms with Crippen LogP contribution < -0.4 is 5.32 Å². The van der Waals surface area contributed by atoms with Crippen molar-refractivity contribution in [1.29, 1.82) is 0 Å². The zero-order chi connectivity index (χ0) is 38.0. The number of carboxylic acids is 1. The van der Waals surface area contributed by atoms with Gasteiger partial charge in [0, 0.05) is 6.54 Å². The van der Waals surface area contributed by atoms with Gasteiger partial charge in [0.05, 0.1) is 165 Å². The lowest BCUT2D eigenvalue weighted by Crippen LogP contribution is -2.31. The highest BCUT2D eigenvalue weighted by atomic mass is 16.6. The fourth-order valence-corrected chi connectivity index (χ4v) is 4.34. The minimum atomic E-state index is -0.877. The van der Waals surface area contributed by atoms with Crippen molar-refractivity contribution in [1.82, 2.24) is 5.32 Å². The molecule has 0 heterocycles. The van der Waals surface area contributed by atoms with Gasteiger partial charge in [0.1, 0.15) is 6.10 Å². The Balaban J connectivity index is 1.64. The summed E-state index contributed by atoms with van der Waals surface area (Å²) in [6, 6.07) is 0. The third-order valence-electron chi connectivity index (χ3n) is 7.06. The van der Waals surface area contributed by atoms with Crippen molar-refractivity contribution in [2.75, 3.05) is 165 Å². The Hall–Kier alpha value is -2.00. The van der Waals surface area contributed by atoms with Crippen molar-refractivity contribution in [3.8, 4) is 0 Å². The van der Waals surface area contributed by atoms with E-state index < -0.39 is 5.97 Å². The Morgan fingerprint density at radius 1 is 0.453 bits per heavy atom. The molecule has 0 saturated carbocycles. The molecule has 0 aromatic carbocycles. The van der Waals surface area contributed by atoms with E-state index in [1.807, 2.05) is 0 Å². The summed E-state index contributed by atoms with van der Waals surface area (Å²) in [7, 11) is 0. The fourth-order valence-electron chi connectivity index (χ4n) is 4.34. The standard InChI is InChI=1S/C36H67NO16/c38-35(39)8-10-41-12-14-43-16-18-45-20-22-47-24-26-49-28-30-51-32-33-52-31-29-50-27-25-48-23-21-46-19-17-44-15-13-42-11-9-37-36(40)53-34-6-4-2-1-3-5-7-34/h1-2,34H,3-33H2,(H,37,40)(H,38,39)/b2-1-. The van der Waals surface area contributed by atoms with E-state index in [9.17, 15) is 9.59 Å². The normalized spacial score (nSPS) is 15.2. The monoisotopic (exact) mass is 769 g/mol. The molecule has 1 aliphatic rings. The lowest BCUT2D eigenvalue weighted by atomic mass is 10.0. The molecule has 0 saturated heterocycles. The molecule has 0 spiro atoms. The SMILES string of the molecule is O=C(O)CCOCCOCCOCCOCCOCCOCCOCCOCCOCCOCCOCCOCCNC(=O)OC1CC/C=C\CCC1. The summed E-state index contributed by atoms with van der Waals surface area (Å²) >= 11 is 0. The number of carboxylic acid groups (broad SMARTS) is 1. The number of rotatable bonds is 40. The number of hydrogen-bond donors (Lipinski definition) is 2. The maximum Gasteiger partial charge on any atom is 0.407 e. The molecular formula is C36H67NO16. The van der Waals surface area contributed by atoms with Crippen molar-refractivity contribution in [3.05, 3.63) is 12.2 Å². The Morgan fingerprint density at radius 2 is 0.774 bits per heavy atom. The van der Waals surface area contributed by atoms with Crippen LogP contribution in [0.25, 0.3) is 0 Å². The van der Waals surface area contributed by atoms with Gasteiger partial charge >= 0.3 is 12.1 Å². The first-order chi connectivity index (χ1) is 26.2. The molecule has 0 aromatic rings. The zero-order valence-corrected chi connectivity index (χ0v) is 31.7. The maximum atomic E-state index is 11.9. The molecule has 17 nitrogen and oxygen atoms in total. The van der Waals surface area contributed by atoms with Crippen molar-refractivity contribution in [3.63, 3.8) is 0 Å². The van der Waals surface area contributed by atoms with Gasteiger partial charge in [0.15, 0.2) is 0 Å². The second-order valence-electron chi connectivity index (χ2n) is 11.4. The number of alkyl carbamates (subject to hydrolysis) is 1. The summed E-state index contributed by atoms with van der Waals surface area (Å²) in [6.45, 7) is 11.2. The average molecular weight is 770 g/mol. The van der Waals surface area contributed by atoms with Crippen molar-refractivity contribution in [2.24, 2.45) is 0 Å². The third kappa shape index (κ3) is 39.5. The molecule has 17 heteroatoms. The van der Waals surface area contributed by atoms with Gasteiger partial charge in [-0.2, -0.15) is 0 Å². The molecule has 0 fully saturated rings. The molecule has 1 rings (SSSR count). The van der Waals surface area contributed by atoms with Crippen LogP contribution in [0.15, 0.2) is 12.2 Å². The first-order valence-corrected chi connectivity index (χ1v) is 18.9. The zero-order valence-electron chi connectivity index (χ0n) is 31.7. The van der Waals surface area contributed by atoms with Gasteiger partial charge in [-0.25, -0.2) is 4.79 Å². The molecule has 0 radical (unpaired) electrons. The van der Waals surface area contributed by atoms with Gasteiger partial charge in [-0.05, 0) is 32.1 Å². The first-order valence-electron chi connectivity index (χ1n) is 18.9. The average Bonchev–Trinajstić information content (AvgIpc) is 3.13. The second-order valence-corrected chi connectivity index (χ2v) is 11.4. The predicted molar refractivity (Wildman–Crippen MR) is 193 cm³/mol. The van der Waals surface area contributed by atoms with Crippen molar-refractivity contribution < 1.29 is 76.3 Å². The summed E-state index contributed by atoms with van der Waals surface area (Å²) in [4.78, 5) is 22.3. The highest BCUT2D eigenvalue weighted by molar-refractivity contribution is 5.67. The minimum absolute atomic E-state index is 0.00616. The highest BCUT2D eigenvalue weighted by Crippen LogP contribution is 2.15. The van der Waals surface area contributed by atoms with Crippen LogP contribution >= 0.6 is 0 Å². The molecule has 0 bridgehead atoms. The highest BCUT2D eigenvalue weighted by Gasteiger charge is 2.14. The molecule has 0 aliphatic heterocycles. The molecule has 2 N–H and O–H groups in total. The van der Waals surface area contributed by atoms with E-state index in [-0.39, 0.29) is 25.2 Å². The molecule has 1 atom stereocenters. The summed E-state index contributed by atoms with van der Waals surface area (Å²) in [5, 5.41) is 11.2. The van der Waals surface area contributed by atoms with Gasteiger partial charge in [-0.15, -0.1) is 0 Å². The Morgan fingerprint density at radius 3 is 1.13 bits per heavy atom. The van der Waals surface area contributed by atoms with E-state index in [4.69, 9.17) is 66.7 Å². The van der Waals surface area contributed by atoms with Crippen LogP contribution in [-0.4, -0.2) is 188 Å². The number of hydrogen-bond acceptors (Lipinski definition) is 15. The van der Waals surface area contributed by atoms with E-state index in [2.05, 4.69) is 17.5 Å². The largest absolute Gasteiger partial charge is 0.481 e. The Bertz CT molecular complexity index is 824. The smallest absolute Gasteiger partial charge is 0.407 e. The fraction of sp³-hybridized carbons (Fsp3) is 0.889. The summed E-state index contributed by atoms with van der Waals surface area (Å²) in [5.41, 5.74) is 0. The number of carbonyl (C=O) groups is 2. The van der Waals surface area contributed by atoms with Crippen LogP contribution in [0.2, 0.25) is 0 Å². The maximum absolute atomic E-state index is 11.9. The molecule has 1 amide bonds. The number of allylic oxidation sites excluding steroid dienone is 2. The molecule has 0 aromatic heterocycles. The lowest BCUT2D eigenvalue weighted by molar-refractivity contribution is -0.138. The Kier molecular flexibility index (Phi) is 38.1. The summed E-state index contributed by atoms with van der Waals surface area (Å²) < 4.78 is 70.6. The number of carbonyl (C=O) groups excluding carboxylic acids is 1. The number of aliphatic carboxylic acids is 1. The minimum Gasteiger partial charge on any atom is -0.481 e. The number of ether oxygens (including phenoxy) is 13. The van der Waals surface area contributed by atoms with Gasteiger partial charge in [-0.3, -0.25) is 4.79 Å². The van der Waals surface area contributed by atoms with Crippen LogP contribution in [0.3, 0.4) is 0 Å². The quantitative estimate of drug-likeness (QED) is 0.0682. The van der Waals surface area contributed by atoms with Crippen LogP contribution in [-0.2, 0) is 66.4 Å². The van der Waals surface area contributed by atoms with E-state index >= 15 is 0 Å². The van der Waals surface area contributed by atoms with Crippen LogP contribution in [0.5, 0.6) is 0 Å². The van der Waals surface area contributed by atoms with Crippen LogP contribution in [0.1, 0.15) is 38.5 Å². The molecule has 53 heavy (non-hydrogen) atoms. The van der Waals surface area contributed by atoms with Crippen molar-refractivity contribution in [2.45, 2.75) is 44.6 Å². The molecule has 312 valence electrons. The second kappa shape index (κ2) is 41.2. The van der Waals surface area contributed by atoms with E-state index in [0.717, 1.165) is 32.1 Å². The van der Waals surface area contributed by atoms with Gasteiger partial charge in [-0.1, -0.05) is 12.2 Å². The third-order valence-corrected chi connectivity index (χ3v) is 7.06. The summed E-state index contributed by atoms with van der Waals surface area (Å²) in [6.07, 6.45) is 8.76. The van der Waals surface area contributed by atoms with E-state index in [1.165, 1.54) is 0 Å². The lowest BCUT2D eigenvalue weighted by Gasteiger charge is -2.18. The molecule has 1 unspecified atom stereocenters. The predicted octanol–water partition coefficient (Wildman–Crippen LogP) is 2.28. The molecule has 1 aliphatic carbocycles. The van der Waals surface area contributed by atoms with Gasteiger partial charge in [0.2, 0.25) is 0 Å². The first kappa shape index (κ1) is 49.0. The Labute approximate surface area is 315 Å². The van der Waals surface area contributed by atoms with Gasteiger partial charge < -0.3 is 72.0 Å². The van der Waals surface area contributed by atoms with E-state index in [1.54, 1.807) is 0 Å². The number of amides is 1. The summed E-state index contributed by atoms with van der Waals surface area (Å²) in [5.74, 6) is -0.877. The number of nitrogens with one attached hydrogen (secondary N) is 1. The van der Waals surface area contributed by atoms with Gasteiger partial charge in [0.25, 0.3) is 0 Å². The van der Waals surface area contributed by atoms with Crippen LogP contribution in [0, 0.1) is 0 Å². The topological polar surface area (TPSA) is 186 Å². The van der Waals surface area contributed by atoms with Crippen LogP contribution in [0.4, 0.5) is 4.79 Å².